The van der Waals surface area contributed by atoms with E-state index >= 15 is 0 Å². The number of hydrogen-bond acceptors (Lipinski definition) is 6. The third kappa shape index (κ3) is 4.26. The zero-order valence-electron chi connectivity index (χ0n) is 16.3. The second-order valence-corrected chi connectivity index (χ2v) is 8.30. The standard InChI is InChI=1S/C22H25FN2O4/c1-29-17-4-2-3-14(7-17)8-22(28)9-15-11-25(12-16(15)10-22)13-20(27)18-5-6-19(26)21(23)24-18/h2-7,15-16,26,28H,8-13H2,1H3/t15-,16+,22?. The van der Waals surface area contributed by atoms with Gasteiger partial charge in [-0.15, -0.1) is 0 Å². The van der Waals surface area contributed by atoms with Crippen molar-refractivity contribution in [1.29, 1.82) is 0 Å². The lowest BCUT2D eigenvalue weighted by atomic mass is 9.91. The minimum atomic E-state index is -1.03. The molecule has 154 valence electrons. The number of aromatic hydroxyl groups is 1. The van der Waals surface area contributed by atoms with Crippen LogP contribution in [-0.2, 0) is 6.42 Å². The van der Waals surface area contributed by atoms with E-state index in [1.165, 1.54) is 6.07 Å². The number of ketones is 1. The van der Waals surface area contributed by atoms with Gasteiger partial charge < -0.3 is 14.9 Å². The molecule has 2 aromatic rings. The summed E-state index contributed by atoms with van der Waals surface area (Å²) in [5.41, 5.74) is 0.338. The number of pyridine rings is 1. The molecule has 1 aromatic heterocycles. The predicted octanol–water partition coefficient (Wildman–Crippen LogP) is 2.43. The summed E-state index contributed by atoms with van der Waals surface area (Å²) >= 11 is 0. The number of benzene rings is 1. The number of likely N-dealkylation sites (tertiary alicyclic amines) is 1. The van der Waals surface area contributed by atoms with Crippen LogP contribution in [-0.4, -0.2) is 58.2 Å². The molecule has 3 atom stereocenters. The van der Waals surface area contributed by atoms with Crippen LogP contribution >= 0.6 is 0 Å². The summed E-state index contributed by atoms with van der Waals surface area (Å²) < 4.78 is 18.7. The van der Waals surface area contributed by atoms with Gasteiger partial charge in [0.25, 0.3) is 5.95 Å². The smallest absolute Gasteiger partial charge is 0.255 e. The van der Waals surface area contributed by atoms with Gasteiger partial charge in [-0.3, -0.25) is 9.69 Å². The zero-order valence-corrected chi connectivity index (χ0v) is 16.3. The molecular weight excluding hydrogens is 375 g/mol. The normalized spacial score (nSPS) is 26.4. The number of halogens is 1. The van der Waals surface area contributed by atoms with Crippen molar-refractivity contribution in [3.8, 4) is 11.5 Å². The first kappa shape index (κ1) is 19.8. The second kappa shape index (κ2) is 7.72. The highest BCUT2D eigenvalue weighted by molar-refractivity contribution is 5.95. The van der Waals surface area contributed by atoms with E-state index in [-0.39, 0.29) is 18.0 Å². The number of ether oxygens (including phenoxy) is 1. The molecule has 6 nitrogen and oxygen atoms in total. The molecule has 2 aliphatic rings. The van der Waals surface area contributed by atoms with E-state index in [0.29, 0.717) is 31.1 Å². The predicted molar refractivity (Wildman–Crippen MR) is 104 cm³/mol. The number of fused-ring (bicyclic) bond motifs is 1. The lowest BCUT2D eigenvalue weighted by Crippen LogP contribution is -2.34. The van der Waals surface area contributed by atoms with Crippen molar-refractivity contribution in [2.24, 2.45) is 11.8 Å². The fourth-order valence-electron chi connectivity index (χ4n) is 4.86. The van der Waals surface area contributed by atoms with Gasteiger partial charge in [0.1, 0.15) is 11.4 Å². The quantitative estimate of drug-likeness (QED) is 0.573. The SMILES string of the molecule is COc1cccc(CC2(O)C[C@H]3CN(CC(=O)c4ccc(O)c(F)n4)C[C@H]3C2)c1. The molecule has 1 aliphatic carbocycles. The van der Waals surface area contributed by atoms with E-state index in [1.807, 2.05) is 24.3 Å². The number of carbonyl (C=O) groups is 1. The van der Waals surface area contributed by atoms with Gasteiger partial charge in [0.2, 0.25) is 0 Å². The van der Waals surface area contributed by atoms with Gasteiger partial charge in [-0.05, 0) is 54.5 Å². The van der Waals surface area contributed by atoms with Crippen LogP contribution in [0.2, 0.25) is 0 Å². The summed E-state index contributed by atoms with van der Waals surface area (Å²) in [5, 5.41) is 20.3. The third-order valence-corrected chi connectivity index (χ3v) is 6.09. The highest BCUT2D eigenvalue weighted by Gasteiger charge is 2.48. The van der Waals surface area contributed by atoms with Gasteiger partial charge in [0.05, 0.1) is 19.3 Å². The van der Waals surface area contributed by atoms with Crippen molar-refractivity contribution in [3.63, 3.8) is 0 Å². The van der Waals surface area contributed by atoms with Gasteiger partial charge in [-0.25, -0.2) is 4.98 Å². The number of aromatic nitrogens is 1. The Labute approximate surface area is 168 Å². The third-order valence-electron chi connectivity index (χ3n) is 6.09. The van der Waals surface area contributed by atoms with Crippen LogP contribution in [0.1, 0.15) is 28.9 Å². The number of hydrogen-bond donors (Lipinski definition) is 2. The molecule has 2 N–H and O–H groups in total. The Bertz CT molecular complexity index is 905. The number of nitrogens with zero attached hydrogens (tertiary/aromatic N) is 2. The number of Topliss-reactive ketones (excluding diaryl/α,β-unsaturated/α-hetero) is 1. The minimum Gasteiger partial charge on any atom is -0.504 e. The van der Waals surface area contributed by atoms with Gasteiger partial charge in [-0.2, -0.15) is 4.39 Å². The molecule has 0 spiro atoms. The number of carbonyl (C=O) groups excluding carboxylic acids is 1. The van der Waals surface area contributed by atoms with Crippen LogP contribution < -0.4 is 4.74 Å². The van der Waals surface area contributed by atoms with Crippen molar-refractivity contribution in [2.75, 3.05) is 26.7 Å². The Morgan fingerprint density at radius 2 is 2.00 bits per heavy atom. The van der Waals surface area contributed by atoms with Crippen molar-refractivity contribution >= 4 is 5.78 Å². The van der Waals surface area contributed by atoms with Gasteiger partial charge in [0, 0.05) is 19.5 Å². The van der Waals surface area contributed by atoms with E-state index in [0.717, 1.165) is 30.5 Å². The van der Waals surface area contributed by atoms with Crippen LogP contribution in [0.3, 0.4) is 0 Å². The fourth-order valence-corrected chi connectivity index (χ4v) is 4.86. The summed E-state index contributed by atoms with van der Waals surface area (Å²) in [5.74, 6) is -0.404. The molecule has 1 saturated heterocycles. The summed E-state index contributed by atoms with van der Waals surface area (Å²) in [6.45, 7) is 1.63. The lowest BCUT2D eigenvalue weighted by molar-refractivity contribution is 0.0355. The second-order valence-electron chi connectivity index (χ2n) is 8.30. The average Bonchev–Trinajstić information content (AvgIpc) is 3.17. The first-order valence-corrected chi connectivity index (χ1v) is 9.81. The minimum absolute atomic E-state index is 0.0203. The van der Waals surface area contributed by atoms with Crippen molar-refractivity contribution in [2.45, 2.75) is 24.9 Å². The van der Waals surface area contributed by atoms with Crippen LogP contribution in [0.15, 0.2) is 36.4 Å². The Balaban J connectivity index is 1.34. The summed E-state index contributed by atoms with van der Waals surface area (Å²) in [7, 11) is 1.63. The Morgan fingerprint density at radius 3 is 2.66 bits per heavy atom. The molecule has 0 amide bonds. The molecule has 1 saturated carbocycles. The van der Waals surface area contributed by atoms with Crippen molar-refractivity contribution < 1.29 is 24.1 Å². The molecule has 0 radical (unpaired) electrons. The summed E-state index contributed by atoms with van der Waals surface area (Å²) in [4.78, 5) is 18.0. The lowest BCUT2D eigenvalue weighted by Gasteiger charge is -2.26. The van der Waals surface area contributed by atoms with Crippen LogP contribution in [0, 0.1) is 17.8 Å². The molecule has 1 aliphatic heterocycles. The average molecular weight is 400 g/mol. The maximum Gasteiger partial charge on any atom is 0.255 e. The molecule has 0 bridgehead atoms. The first-order valence-electron chi connectivity index (χ1n) is 9.81. The van der Waals surface area contributed by atoms with Crippen LogP contribution in [0.4, 0.5) is 4.39 Å². The fraction of sp³-hybridized carbons (Fsp3) is 0.455. The van der Waals surface area contributed by atoms with E-state index in [1.54, 1.807) is 7.11 Å². The number of aliphatic hydroxyl groups is 1. The van der Waals surface area contributed by atoms with Crippen LogP contribution in [0.5, 0.6) is 11.5 Å². The maximum absolute atomic E-state index is 13.4. The van der Waals surface area contributed by atoms with Crippen LogP contribution in [0.25, 0.3) is 0 Å². The summed E-state index contributed by atoms with van der Waals surface area (Å²) in [6.07, 6.45) is 1.99. The molecule has 2 heterocycles. The van der Waals surface area contributed by atoms with E-state index in [2.05, 4.69) is 9.88 Å². The Morgan fingerprint density at radius 1 is 1.28 bits per heavy atom. The van der Waals surface area contributed by atoms with Crippen molar-refractivity contribution in [1.82, 2.24) is 9.88 Å². The van der Waals surface area contributed by atoms with E-state index in [9.17, 15) is 19.4 Å². The van der Waals surface area contributed by atoms with E-state index < -0.39 is 17.3 Å². The number of methoxy groups -OCH3 is 1. The molecule has 1 unspecified atom stereocenters. The molecule has 29 heavy (non-hydrogen) atoms. The monoisotopic (exact) mass is 400 g/mol. The highest BCUT2D eigenvalue weighted by atomic mass is 19.1. The Kier molecular flexibility index (Phi) is 5.27. The molecule has 1 aromatic carbocycles. The van der Waals surface area contributed by atoms with E-state index in [4.69, 9.17) is 4.74 Å². The molecule has 7 heteroatoms. The van der Waals surface area contributed by atoms with Gasteiger partial charge in [0.15, 0.2) is 11.5 Å². The zero-order chi connectivity index (χ0) is 20.6. The molecular formula is C22H25FN2O4. The maximum atomic E-state index is 13.4. The largest absolute Gasteiger partial charge is 0.504 e. The van der Waals surface area contributed by atoms with Gasteiger partial charge in [-0.1, -0.05) is 12.1 Å². The molecule has 4 rings (SSSR count). The van der Waals surface area contributed by atoms with Crippen molar-refractivity contribution in [3.05, 3.63) is 53.6 Å². The summed E-state index contributed by atoms with van der Waals surface area (Å²) in [6, 6.07) is 10.3. The highest BCUT2D eigenvalue weighted by Crippen LogP contribution is 2.45. The molecule has 2 fully saturated rings. The van der Waals surface area contributed by atoms with Gasteiger partial charge >= 0.3 is 0 Å². The number of rotatable bonds is 6. The Hall–Kier alpha value is -2.51. The topological polar surface area (TPSA) is 82.9 Å². The first-order chi connectivity index (χ1) is 13.8.